The molecule has 0 nitrogen and oxygen atoms in total. The van der Waals surface area contributed by atoms with E-state index in [1.54, 1.807) is 0 Å². The van der Waals surface area contributed by atoms with Gasteiger partial charge < -0.3 is 0 Å². The highest BCUT2D eigenvalue weighted by atomic mass is 79.9. The fourth-order valence-corrected chi connectivity index (χ4v) is 3.24. The van der Waals surface area contributed by atoms with Crippen LogP contribution < -0.4 is 0 Å². The van der Waals surface area contributed by atoms with E-state index in [2.05, 4.69) is 22.9 Å². The molecule has 0 aliphatic rings. The van der Waals surface area contributed by atoms with Gasteiger partial charge in [0.1, 0.15) is 5.82 Å². The largest absolute Gasteiger partial charge is 0.207 e. The van der Waals surface area contributed by atoms with Gasteiger partial charge in [0, 0.05) is 21.4 Å². The minimum Gasteiger partial charge on any atom is -0.207 e. The molecular formula is C11H13BrClFS. The summed E-state index contributed by atoms with van der Waals surface area (Å²) in [5.41, 5.74) is 1.13. The minimum absolute atomic E-state index is 0.204. The molecule has 1 unspecified atom stereocenters. The van der Waals surface area contributed by atoms with E-state index in [0.717, 1.165) is 22.2 Å². The molecule has 0 fully saturated rings. The van der Waals surface area contributed by atoms with Gasteiger partial charge in [0.2, 0.25) is 0 Å². The molecule has 0 bridgehead atoms. The van der Waals surface area contributed by atoms with Crippen LogP contribution in [-0.2, 0) is 5.75 Å². The second-order valence-electron chi connectivity index (χ2n) is 3.34. The van der Waals surface area contributed by atoms with Crippen molar-refractivity contribution in [3.8, 4) is 0 Å². The van der Waals surface area contributed by atoms with Gasteiger partial charge in [-0.15, -0.1) is 11.6 Å². The molecule has 1 rings (SSSR count). The van der Waals surface area contributed by atoms with Gasteiger partial charge in [-0.1, -0.05) is 28.9 Å². The fraction of sp³-hybridized carbons (Fsp3) is 0.455. The van der Waals surface area contributed by atoms with Crippen molar-refractivity contribution in [1.82, 2.24) is 0 Å². The van der Waals surface area contributed by atoms with Gasteiger partial charge in [0.05, 0.1) is 0 Å². The number of alkyl halides is 1. The molecule has 0 saturated carbocycles. The molecule has 4 heteroatoms. The summed E-state index contributed by atoms with van der Waals surface area (Å²) in [5, 5.41) is 0.541. The number of hydrogen-bond donors (Lipinski definition) is 0. The molecule has 0 aliphatic heterocycles. The number of thioether (sulfide) groups is 1. The lowest BCUT2D eigenvalue weighted by Gasteiger charge is -2.10. The Morgan fingerprint density at radius 1 is 1.53 bits per heavy atom. The zero-order valence-electron chi connectivity index (χ0n) is 8.47. The van der Waals surface area contributed by atoms with Crippen LogP contribution in [0.4, 0.5) is 4.39 Å². The van der Waals surface area contributed by atoms with Crippen LogP contribution >= 0.6 is 39.3 Å². The summed E-state index contributed by atoms with van der Waals surface area (Å²) in [6.07, 6.45) is 1.00. The Morgan fingerprint density at radius 3 is 2.87 bits per heavy atom. The molecule has 1 aromatic rings. The monoisotopic (exact) mass is 310 g/mol. The lowest BCUT2D eigenvalue weighted by atomic mass is 10.2. The molecule has 0 saturated heterocycles. The Balaban J connectivity index is 2.50. The highest BCUT2D eigenvalue weighted by Gasteiger charge is 2.05. The molecule has 0 aromatic heterocycles. The molecule has 0 heterocycles. The number of halogens is 3. The highest BCUT2D eigenvalue weighted by molar-refractivity contribution is 9.10. The Hall–Kier alpha value is 0.270. The van der Waals surface area contributed by atoms with Crippen LogP contribution in [0, 0.1) is 5.82 Å². The Morgan fingerprint density at radius 2 is 2.27 bits per heavy atom. The SMILES string of the molecule is CC(CCCl)SCc1ccc(F)cc1Br. The molecule has 0 aliphatic carbocycles. The van der Waals surface area contributed by atoms with Crippen LogP contribution in [0.3, 0.4) is 0 Å². The van der Waals surface area contributed by atoms with E-state index in [4.69, 9.17) is 11.6 Å². The van der Waals surface area contributed by atoms with E-state index < -0.39 is 0 Å². The van der Waals surface area contributed by atoms with E-state index >= 15 is 0 Å². The molecule has 1 atom stereocenters. The van der Waals surface area contributed by atoms with Crippen molar-refractivity contribution in [2.24, 2.45) is 0 Å². The van der Waals surface area contributed by atoms with Crippen LogP contribution in [0.2, 0.25) is 0 Å². The molecule has 15 heavy (non-hydrogen) atoms. The number of benzene rings is 1. The van der Waals surface area contributed by atoms with Crippen molar-refractivity contribution >= 4 is 39.3 Å². The van der Waals surface area contributed by atoms with E-state index in [0.29, 0.717) is 11.1 Å². The zero-order valence-corrected chi connectivity index (χ0v) is 11.6. The first-order chi connectivity index (χ1) is 7.13. The van der Waals surface area contributed by atoms with Gasteiger partial charge in [-0.2, -0.15) is 11.8 Å². The summed E-state index contributed by atoms with van der Waals surface area (Å²) in [5.74, 6) is 1.38. The molecule has 1 aromatic carbocycles. The van der Waals surface area contributed by atoms with Gasteiger partial charge in [0.25, 0.3) is 0 Å². The molecule has 0 radical (unpaired) electrons. The predicted octanol–water partition coefficient (Wildman–Crippen LogP) is 4.84. The lowest BCUT2D eigenvalue weighted by Crippen LogP contribution is -1.98. The molecule has 0 amide bonds. The quantitative estimate of drug-likeness (QED) is 0.701. The van der Waals surface area contributed by atoms with E-state index in [1.807, 2.05) is 17.8 Å². The summed E-state index contributed by atoms with van der Waals surface area (Å²) in [6, 6.07) is 4.81. The maximum Gasteiger partial charge on any atom is 0.124 e. The molecule has 84 valence electrons. The van der Waals surface area contributed by atoms with Crippen molar-refractivity contribution in [1.29, 1.82) is 0 Å². The summed E-state index contributed by atoms with van der Waals surface area (Å²) in [7, 11) is 0. The Kier molecular flexibility index (Phi) is 6.02. The van der Waals surface area contributed by atoms with Crippen LogP contribution in [0.1, 0.15) is 18.9 Å². The Labute approximate surface area is 108 Å². The van der Waals surface area contributed by atoms with Gasteiger partial charge >= 0.3 is 0 Å². The summed E-state index contributed by atoms with van der Waals surface area (Å²) in [6.45, 7) is 2.16. The van der Waals surface area contributed by atoms with Gasteiger partial charge in [-0.25, -0.2) is 4.39 Å². The second-order valence-corrected chi connectivity index (χ2v) is 5.99. The van der Waals surface area contributed by atoms with Gasteiger partial charge in [0.15, 0.2) is 0 Å². The van der Waals surface area contributed by atoms with Gasteiger partial charge in [-0.05, 0) is 24.1 Å². The molecule has 0 spiro atoms. The lowest BCUT2D eigenvalue weighted by molar-refractivity contribution is 0.626. The third-order valence-corrected chi connectivity index (χ3v) is 4.29. The summed E-state index contributed by atoms with van der Waals surface area (Å²) < 4.78 is 13.7. The average molecular weight is 312 g/mol. The van der Waals surface area contributed by atoms with Crippen LogP contribution in [0.5, 0.6) is 0 Å². The van der Waals surface area contributed by atoms with E-state index in [9.17, 15) is 4.39 Å². The summed E-state index contributed by atoms with van der Waals surface area (Å²) in [4.78, 5) is 0. The first kappa shape index (κ1) is 13.3. The molecular weight excluding hydrogens is 299 g/mol. The standard InChI is InChI=1S/C11H13BrClFS/c1-8(4-5-13)15-7-9-2-3-10(14)6-11(9)12/h2-3,6,8H,4-5,7H2,1H3. The van der Waals surface area contributed by atoms with E-state index in [-0.39, 0.29) is 5.82 Å². The second kappa shape index (κ2) is 6.77. The van der Waals surface area contributed by atoms with Gasteiger partial charge in [-0.3, -0.25) is 0 Å². The van der Waals surface area contributed by atoms with Crippen molar-refractivity contribution in [2.45, 2.75) is 24.3 Å². The van der Waals surface area contributed by atoms with Crippen molar-refractivity contribution < 1.29 is 4.39 Å². The topological polar surface area (TPSA) is 0 Å². The minimum atomic E-state index is -0.204. The third-order valence-electron chi connectivity index (χ3n) is 2.05. The van der Waals surface area contributed by atoms with Crippen molar-refractivity contribution in [3.63, 3.8) is 0 Å². The Bertz CT molecular complexity index is 319. The zero-order chi connectivity index (χ0) is 11.3. The average Bonchev–Trinajstić information content (AvgIpc) is 2.17. The number of rotatable bonds is 5. The third kappa shape index (κ3) is 4.75. The van der Waals surface area contributed by atoms with Crippen molar-refractivity contribution in [3.05, 3.63) is 34.1 Å². The maximum absolute atomic E-state index is 12.8. The van der Waals surface area contributed by atoms with Crippen LogP contribution in [0.15, 0.2) is 22.7 Å². The highest BCUT2D eigenvalue weighted by Crippen LogP contribution is 2.26. The fourth-order valence-electron chi connectivity index (χ4n) is 1.11. The smallest absolute Gasteiger partial charge is 0.124 e. The van der Waals surface area contributed by atoms with Crippen LogP contribution in [0.25, 0.3) is 0 Å². The predicted molar refractivity (Wildman–Crippen MR) is 70.2 cm³/mol. The first-order valence-electron chi connectivity index (χ1n) is 4.75. The first-order valence-corrected chi connectivity index (χ1v) is 7.12. The maximum atomic E-state index is 12.8. The normalized spacial score (nSPS) is 12.8. The summed E-state index contributed by atoms with van der Waals surface area (Å²) >= 11 is 10.9. The van der Waals surface area contributed by atoms with E-state index in [1.165, 1.54) is 12.1 Å². The molecule has 0 N–H and O–H groups in total. The number of hydrogen-bond acceptors (Lipinski definition) is 1. The van der Waals surface area contributed by atoms with Crippen molar-refractivity contribution in [2.75, 3.05) is 5.88 Å². The van der Waals surface area contributed by atoms with Crippen LogP contribution in [-0.4, -0.2) is 11.1 Å².